The molecule has 1 amide bonds. The lowest BCUT2D eigenvalue weighted by Crippen LogP contribution is -2.35. The molecule has 1 aliphatic heterocycles. The van der Waals surface area contributed by atoms with Gasteiger partial charge in [0, 0.05) is 27.2 Å². The number of rotatable bonds is 7. The zero-order chi connectivity index (χ0) is 24.2. The lowest BCUT2D eigenvalue weighted by Gasteiger charge is -2.26. The number of piperidine rings is 1. The number of benzene rings is 1. The Morgan fingerprint density at radius 1 is 1.12 bits per heavy atom. The molecule has 33 heavy (non-hydrogen) atoms. The number of carbonyl (C=O) groups excluding carboxylic acids is 2. The second-order valence-electron chi connectivity index (χ2n) is 8.04. The second-order valence-corrected chi connectivity index (χ2v) is 9.98. The summed E-state index contributed by atoms with van der Waals surface area (Å²) in [6.07, 6.45) is 2.70. The van der Waals surface area contributed by atoms with Gasteiger partial charge in [-0.3, -0.25) is 4.79 Å². The zero-order valence-electron chi connectivity index (χ0n) is 19.4. The monoisotopic (exact) mass is 474 g/mol. The Morgan fingerprint density at radius 3 is 2.42 bits per heavy atom. The number of hydrogen-bond acceptors (Lipinski definition) is 7. The quantitative estimate of drug-likeness (QED) is 0.614. The van der Waals surface area contributed by atoms with Crippen molar-refractivity contribution in [1.82, 2.24) is 9.29 Å². The Balaban J connectivity index is 1.90. The van der Waals surface area contributed by atoms with E-state index in [9.17, 15) is 18.0 Å². The van der Waals surface area contributed by atoms with Crippen LogP contribution in [0.4, 0.5) is 11.4 Å². The lowest BCUT2D eigenvalue weighted by atomic mass is 10.1. The van der Waals surface area contributed by atoms with Crippen LogP contribution in [-0.4, -0.2) is 63.4 Å². The maximum atomic E-state index is 13.1. The minimum atomic E-state index is -3.66. The van der Waals surface area contributed by atoms with Crippen LogP contribution in [0.3, 0.4) is 0 Å². The van der Waals surface area contributed by atoms with E-state index in [4.69, 9.17) is 4.74 Å². The first-order chi connectivity index (χ1) is 15.6. The van der Waals surface area contributed by atoms with Crippen molar-refractivity contribution < 1.29 is 22.7 Å². The predicted octanol–water partition coefficient (Wildman–Crippen LogP) is 3.06. The van der Waals surface area contributed by atoms with Crippen molar-refractivity contribution in [3.63, 3.8) is 0 Å². The van der Waals surface area contributed by atoms with E-state index in [1.54, 1.807) is 45.0 Å². The fourth-order valence-corrected chi connectivity index (χ4v) is 5.26. The number of hydrogen-bond donors (Lipinski definition) is 1. The Morgan fingerprint density at radius 2 is 1.82 bits per heavy atom. The van der Waals surface area contributed by atoms with Gasteiger partial charge in [-0.05, 0) is 57.0 Å². The predicted molar refractivity (Wildman–Crippen MR) is 126 cm³/mol. The molecule has 3 rings (SSSR count). The molecule has 2 aromatic rings. The number of nitrogens with zero attached hydrogens (tertiary/aromatic N) is 3. The van der Waals surface area contributed by atoms with E-state index >= 15 is 0 Å². The number of aryl methyl sites for hydroxylation is 1. The Labute approximate surface area is 194 Å². The average molecular weight is 475 g/mol. The molecule has 0 atom stereocenters. The Kier molecular flexibility index (Phi) is 7.70. The molecule has 0 saturated carbocycles. The van der Waals surface area contributed by atoms with E-state index in [2.05, 4.69) is 10.3 Å². The average Bonchev–Trinajstić information content (AvgIpc) is 2.79. The first-order valence-corrected chi connectivity index (χ1v) is 12.4. The highest BCUT2D eigenvalue weighted by Gasteiger charge is 2.27. The molecule has 0 bridgehead atoms. The first kappa shape index (κ1) is 24.7. The minimum absolute atomic E-state index is 0.106. The fourth-order valence-electron chi connectivity index (χ4n) is 3.72. The number of carbonyl (C=O) groups is 2. The third-order valence-electron chi connectivity index (χ3n) is 5.46. The molecule has 10 heteroatoms. The number of amides is 1. The topological polar surface area (TPSA) is 109 Å². The lowest BCUT2D eigenvalue weighted by molar-refractivity contribution is 0.0524. The summed E-state index contributed by atoms with van der Waals surface area (Å²) >= 11 is 0. The number of nitrogens with one attached hydrogen (secondary N) is 1. The van der Waals surface area contributed by atoms with Gasteiger partial charge in [-0.2, -0.15) is 4.31 Å². The standard InChI is InChI=1S/C23H30N4O5S/c1-5-32-23(29)18-10-11-19(24-16(18)2)22(28)25-20-15-17(9-12-21(20)26(3)4)33(30,31)27-13-7-6-8-14-27/h9-12,15H,5-8,13-14H2,1-4H3,(H,25,28). The van der Waals surface area contributed by atoms with Gasteiger partial charge in [-0.1, -0.05) is 6.42 Å². The van der Waals surface area contributed by atoms with E-state index in [1.165, 1.54) is 22.5 Å². The number of esters is 1. The molecular formula is C23H30N4O5S. The first-order valence-electron chi connectivity index (χ1n) is 10.9. The Bertz CT molecular complexity index is 1140. The summed E-state index contributed by atoms with van der Waals surface area (Å²) in [7, 11) is -0.0465. The van der Waals surface area contributed by atoms with Crippen molar-refractivity contribution in [1.29, 1.82) is 0 Å². The van der Waals surface area contributed by atoms with Gasteiger partial charge in [0.05, 0.1) is 34.1 Å². The molecule has 1 aromatic carbocycles. The van der Waals surface area contributed by atoms with Crippen LogP contribution >= 0.6 is 0 Å². The van der Waals surface area contributed by atoms with Crippen molar-refractivity contribution in [2.45, 2.75) is 38.0 Å². The van der Waals surface area contributed by atoms with E-state index in [0.29, 0.717) is 30.2 Å². The van der Waals surface area contributed by atoms with E-state index in [1.807, 2.05) is 0 Å². The van der Waals surface area contributed by atoms with Crippen LogP contribution in [0.15, 0.2) is 35.2 Å². The largest absolute Gasteiger partial charge is 0.462 e. The number of aromatic nitrogens is 1. The van der Waals surface area contributed by atoms with Crippen molar-refractivity contribution in [2.24, 2.45) is 0 Å². The fraction of sp³-hybridized carbons (Fsp3) is 0.435. The highest BCUT2D eigenvalue weighted by Crippen LogP contribution is 2.30. The summed E-state index contributed by atoms with van der Waals surface area (Å²) in [4.78, 5) is 31.1. The molecule has 0 spiro atoms. The van der Waals surface area contributed by atoms with Crippen LogP contribution in [0.1, 0.15) is 52.7 Å². The molecular weight excluding hydrogens is 444 g/mol. The van der Waals surface area contributed by atoms with E-state index in [-0.39, 0.29) is 22.8 Å². The summed E-state index contributed by atoms with van der Waals surface area (Å²) in [5.74, 6) is -1.01. The summed E-state index contributed by atoms with van der Waals surface area (Å²) in [5, 5.41) is 2.78. The molecule has 1 fully saturated rings. The molecule has 178 valence electrons. The third kappa shape index (κ3) is 5.51. The molecule has 1 N–H and O–H groups in total. The van der Waals surface area contributed by atoms with Gasteiger partial charge in [0.25, 0.3) is 5.91 Å². The smallest absolute Gasteiger partial charge is 0.339 e. The van der Waals surface area contributed by atoms with Crippen LogP contribution in [-0.2, 0) is 14.8 Å². The second kappa shape index (κ2) is 10.3. The number of pyridine rings is 1. The van der Waals surface area contributed by atoms with E-state index < -0.39 is 21.9 Å². The molecule has 0 unspecified atom stereocenters. The highest BCUT2D eigenvalue weighted by atomic mass is 32.2. The summed E-state index contributed by atoms with van der Waals surface area (Å²) < 4.78 is 32.7. The van der Waals surface area contributed by atoms with Crippen LogP contribution in [0, 0.1) is 6.92 Å². The van der Waals surface area contributed by atoms with E-state index in [0.717, 1.165) is 19.3 Å². The molecule has 0 aliphatic carbocycles. The molecule has 1 saturated heterocycles. The van der Waals surface area contributed by atoms with Gasteiger partial charge in [0.15, 0.2) is 0 Å². The van der Waals surface area contributed by atoms with Crippen LogP contribution in [0.25, 0.3) is 0 Å². The normalized spacial score (nSPS) is 14.5. The number of sulfonamides is 1. The summed E-state index contributed by atoms with van der Waals surface area (Å²) in [5.41, 5.74) is 1.78. The van der Waals surface area contributed by atoms with Gasteiger partial charge in [0.2, 0.25) is 10.0 Å². The van der Waals surface area contributed by atoms with Crippen LogP contribution in [0.2, 0.25) is 0 Å². The zero-order valence-corrected chi connectivity index (χ0v) is 20.2. The SMILES string of the molecule is CCOC(=O)c1ccc(C(=O)Nc2cc(S(=O)(=O)N3CCCCC3)ccc2N(C)C)nc1C. The van der Waals surface area contributed by atoms with Gasteiger partial charge >= 0.3 is 5.97 Å². The van der Waals surface area contributed by atoms with Crippen molar-refractivity contribution in [2.75, 3.05) is 44.0 Å². The summed E-state index contributed by atoms with van der Waals surface area (Å²) in [6.45, 7) is 4.57. The van der Waals surface area contributed by atoms with Crippen molar-refractivity contribution in [3.05, 3.63) is 47.3 Å². The molecule has 1 aliphatic rings. The Hall–Kier alpha value is -2.98. The molecule has 1 aromatic heterocycles. The summed E-state index contributed by atoms with van der Waals surface area (Å²) in [6, 6.07) is 7.66. The van der Waals surface area contributed by atoms with Gasteiger partial charge < -0.3 is 15.0 Å². The van der Waals surface area contributed by atoms with Gasteiger partial charge in [0.1, 0.15) is 5.69 Å². The van der Waals surface area contributed by atoms with Gasteiger partial charge in [-0.15, -0.1) is 0 Å². The van der Waals surface area contributed by atoms with Crippen LogP contribution in [0.5, 0.6) is 0 Å². The maximum Gasteiger partial charge on any atom is 0.339 e. The van der Waals surface area contributed by atoms with Gasteiger partial charge in [-0.25, -0.2) is 18.2 Å². The number of anilines is 2. The van der Waals surface area contributed by atoms with Crippen LogP contribution < -0.4 is 10.2 Å². The maximum absolute atomic E-state index is 13.1. The molecule has 0 radical (unpaired) electrons. The third-order valence-corrected chi connectivity index (χ3v) is 7.36. The molecule has 9 nitrogen and oxygen atoms in total. The van der Waals surface area contributed by atoms with Crippen molar-refractivity contribution in [3.8, 4) is 0 Å². The molecule has 2 heterocycles. The number of ether oxygens (including phenoxy) is 1. The minimum Gasteiger partial charge on any atom is -0.462 e. The highest BCUT2D eigenvalue weighted by molar-refractivity contribution is 7.89. The van der Waals surface area contributed by atoms with Crippen molar-refractivity contribution >= 4 is 33.3 Å².